The lowest BCUT2D eigenvalue weighted by Gasteiger charge is -2.24. The number of aryl methyl sites for hydroxylation is 1. The van der Waals surface area contributed by atoms with Crippen molar-refractivity contribution in [3.05, 3.63) is 65.2 Å². The molecule has 2 atom stereocenters. The van der Waals surface area contributed by atoms with Crippen molar-refractivity contribution in [1.82, 2.24) is 4.90 Å². The van der Waals surface area contributed by atoms with Crippen LogP contribution in [0.4, 0.5) is 10.5 Å². The fourth-order valence-corrected chi connectivity index (χ4v) is 3.91. The van der Waals surface area contributed by atoms with Crippen LogP contribution in [-0.2, 0) is 11.2 Å². The summed E-state index contributed by atoms with van der Waals surface area (Å²) in [6, 6.07) is 18.3. The normalized spacial score (nSPS) is 19.2. The molecule has 0 aliphatic carbocycles. The number of nitrogens with one attached hydrogen (secondary N) is 1. The zero-order valence-corrected chi connectivity index (χ0v) is 18.3. The van der Waals surface area contributed by atoms with Crippen LogP contribution in [0.5, 0.6) is 0 Å². The van der Waals surface area contributed by atoms with Gasteiger partial charge in [-0.05, 0) is 75.3 Å². The first-order chi connectivity index (χ1) is 13.8. The minimum Gasteiger partial charge on any atom is -0.444 e. The maximum atomic E-state index is 12.6. The first-order valence-electron chi connectivity index (χ1n) is 10.3. The van der Waals surface area contributed by atoms with E-state index < -0.39 is 5.60 Å². The molecule has 2 aromatic carbocycles. The molecule has 1 heterocycles. The van der Waals surface area contributed by atoms with Gasteiger partial charge in [-0.15, -0.1) is 0 Å². The van der Waals surface area contributed by atoms with E-state index in [1.165, 1.54) is 5.56 Å². The number of hydrogen-bond donors (Lipinski definition) is 1. The summed E-state index contributed by atoms with van der Waals surface area (Å²) in [5, 5.41) is 4.24. The van der Waals surface area contributed by atoms with Gasteiger partial charge in [0.25, 0.3) is 0 Å². The maximum absolute atomic E-state index is 12.6. The SMILES string of the molecule is CC(C)(C)OC(=O)N1CC(CCc2ccccc2)C(CNc2ccc(Cl)cc2)C1. The molecule has 1 fully saturated rings. The molecule has 1 saturated heterocycles. The highest BCUT2D eigenvalue weighted by Crippen LogP contribution is 2.29. The maximum Gasteiger partial charge on any atom is 0.410 e. The van der Waals surface area contributed by atoms with E-state index in [1.807, 2.05) is 56.0 Å². The molecule has 2 unspecified atom stereocenters. The second-order valence-corrected chi connectivity index (χ2v) is 9.25. The Balaban J connectivity index is 1.63. The lowest BCUT2D eigenvalue weighted by Crippen LogP contribution is -2.35. The van der Waals surface area contributed by atoms with Gasteiger partial charge in [-0.25, -0.2) is 4.79 Å². The third kappa shape index (κ3) is 6.67. The van der Waals surface area contributed by atoms with Crippen molar-refractivity contribution in [2.45, 2.75) is 39.2 Å². The van der Waals surface area contributed by atoms with Crippen LogP contribution in [0.1, 0.15) is 32.8 Å². The molecule has 0 spiro atoms. The van der Waals surface area contributed by atoms with Crippen molar-refractivity contribution >= 4 is 23.4 Å². The summed E-state index contributed by atoms with van der Waals surface area (Å²) in [4.78, 5) is 14.5. The van der Waals surface area contributed by atoms with Crippen molar-refractivity contribution < 1.29 is 9.53 Å². The Morgan fingerprint density at radius 1 is 1.07 bits per heavy atom. The number of halogens is 1. The Morgan fingerprint density at radius 2 is 1.72 bits per heavy atom. The van der Waals surface area contributed by atoms with Gasteiger partial charge in [0.15, 0.2) is 0 Å². The quantitative estimate of drug-likeness (QED) is 0.642. The summed E-state index contributed by atoms with van der Waals surface area (Å²) < 4.78 is 5.61. The molecule has 1 aliphatic heterocycles. The average molecular weight is 415 g/mol. The third-order valence-corrected chi connectivity index (χ3v) is 5.54. The number of anilines is 1. The standard InChI is InChI=1S/C24H31ClN2O2/c1-24(2,3)29-23(28)27-16-19(10-9-18-7-5-4-6-8-18)20(17-27)15-26-22-13-11-21(25)12-14-22/h4-8,11-14,19-20,26H,9-10,15-17H2,1-3H3. The van der Waals surface area contributed by atoms with Crippen molar-refractivity contribution in [1.29, 1.82) is 0 Å². The summed E-state index contributed by atoms with van der Waals surface area (Å²) in [6.07, 6.45) is 1.86. The molecule has 29 heavy (non-hydrogen) atoms. The Hall–Kier alpha value is -2.20. The molecule has 1 aliphatic rings. The number of carbonyl (C=O) groups is 1. The Labute approximate surface area is 179 Å². The molecule has 5 heteroatoms. The third-order valence-electron chi connectivity index (χ3n) is 5.29. The molecule has 2 aromatic rings. The van der Waals surface area contributed by atoms with E-state index in [0.29, 0.717) is 11.8 Å². The van der Waals surface area contributed by atoms with E-state index in [2.05, 4.69) is 29.6 Å². The van der Waals surface area contributed by atoms with Gasteiger partial charge in [-0.3, -0.25) is 0 Å². The number of ether oxygens (including phenoxy) is 1. The molecule has 0 saturated carbocycles. The minimum atomic E-state index is -0.476. The van der Waals surface area contributed by atoms with Crippen LogP contribution in [0.15, 0.2) is 54.6 Å². The second-order valence-electron chi connectivity index (χ2n) is 8.82. The topological polar surface area (TPSA) is 41.6 Å². The molecule has 3 rings (SSSR count). The number of hydrogen-bond acceptors (Lipinski definition) is 3. The summed E-state index contributed by atoms with van der Waals surface area (Å²) in [5.74, 6) is 0.810. The van der Waals surface area contributed by atoms with Crippen LogP contribution in [0, 0.1) is 11.8 Å². The monoisotopic (exact) mass is 414 g/mol. The van der Waals surface area contributed by atoms with E-state index >= 15 is 0 Å². The van der Waals surface area contributed by atoms with Gasteiger partial charge >= 0.3 is 6.09 Å². The van der Waals surface area contributed by atoms with Gasteiger partial charge in [-0.1, -0.05) is 41.9 Å². The molecule has 1 amide bonds. The largest absolute Gasteiger partial charge is 0.444 e. The Kier molecular flexibility index (Phi) is 7.07. The van der Waals surface area contributed by atoms with Crippen molar-refractivity contribution in [3.63, 3.8) is 0 Å². The molecule has 4 nitrogen and oxygen atoms in total. The smallest absolute Gasteiger partial charge is 0.410 e. The van der Waals surface area contributed by atoms with Gasteiger partial charge in [0.05, 0.1) is 0 Å². The van der Waals surface area contributed by atoms with Gasteiger partial charge in [-0.2, -0.15) is 0 Å². The average Bonchev–Trinajstić information content (AvgIpc) is 3.09. The zero-order valence-electron chi connectivity index (χ0n) is 17.5. The Bertz CT molecular complexity index is 787. The van der Waals surface area contributed by atoms with Gasteiger partial charge < -0.3 is 15.0 Å². The van der Waals surface area contributed by atoms with Gasteiger partial charge in [0.2, 0.25) is 0 Å². The Morgan fingerprint density at radius 3 is 2.38 bits per heavy atom. The molecule has 0 radical (unpaired) electrons. The fourth-order valence-electron chi connectivity index (χ4n) is 3.79. The summed E-state index contributed by atoms with van der Waals surface area (Å²) in [7, 11) is 0. The van der Waals surface area contributed by atoms with Crippen LogP contribution in [0.25, 0.3) is 0 Å². The summed E-state index contributed by atoms with van der Waals surface area (Å²) in [6.45, 7) is 8.01. The number of nitrogens with zero attached hydrogens (tertiary/aromatic N) is 1. The molecule has 0 bridgehead atoms. The summed E-state index contributed by atoms with van der Waals surface area (Å²) >= 11 is 5.98. The molecule has 1 N–H and O–H groups in total. The van der Waals surface area contributed by atoms with Crippen LogP contribution in [0.2, 0.25) is 5.02 Å². The highest BCUT2D eigenvalue weighted by molar-refractivity contribution is 6.30. The zero-order chi connectivity index (χ0) is 20.9. The second kappa shape index (κ2) is 9.53. The highest BCUT2D eigenvalue weighted by atomic mass is 35.5. The molecular weight excluding hydrogens is 384 g/mol. The van der Waals surface area contributed by atoms with E-state index in [9.17, 15) is 4.79 Å². The van der Waals surface area contributed by atoms with Crippen molar-refractivity contribution in [3.8, 4) is 0 Å². The van der Waals surface area contributed by atoms with Crippen LogP contribution < -0.4 is 5.32 Å². The predicted octanol–water partition coefficient (Wildman–Crippen LogP) is 5.87. The molecule has 0 aromatic heterocycles. The van der Waals surface area contributed by atoms with Gasteiger partial charge in [0, 0.05) is 30.3 Å². The number of rotatable bonds is 6. The van der Waals surface area contributed by atoms with Crippen LogP contribution in [-0.4, -0.2) is 36.2 Å². The van der Waals surface area contributed by atoms with Gasteiger partial charge in [0.1, 0.15) is 5.60 Å². The fraction of sp³-hybridized carbons (Fsp3) is 0.458. The lowest BCUT2D eigenvalue weighted by molar-refractivity contribution is 0.0284. The highest BCUT2D eigenvalue weighted by Gasteiger charge is 2.36. The predicted molar refractivity (Wildman–Crippen MR) is 119 cm³/mol. The van der Waals surface area contributed by atoms with Crippen LogP contribution in [0.3, 0.4) is 0 Å². The first-order valence-corrected chi connectivity index (χ1v) is 10.7. The molecule has 156 valence electrons. The number of likely N-dealkylation sites (tertiary alicyclic amines) is 1. The number of benzene rings is 2. The number of amides is 1. The van der Waals surface area contributed by atoms with E-state index in [0.717, 1.165) is 43.2 Å². The van der Waals surface area contributed by atoms with Crippen molar-refractivity contribution in [2.75, 3.05) is 25.0 Å². The minimum absolute atomic E-state index is 0.212. The lowest BCUT2D eigenvalue weighted by atomic mass is 9.90. The number of carbonyl (C=O) groups excluding carboxylic acids is 1. The van der Waals surface area contributed by atoms with E-state index in [-0.39, 0.29) is 6.09 Å². The van der Waals surface area contributed by atoms with Crippen molar-refractivity contribution in [2.24, 2.45) is 11.8 Å². The van der Waals surface area contributed by atoms with E-state index in [4.69, 9.17) is 16.3 Å². The first kappa shape index (κ1) is 21.5. The molecular formula is C24H31ClN2O2. The summed E-state index contributed by atoms with van der Waals surface area (Å²) in [5.41, 5.74) is 1.91. The van der Waals surface area contributed by atoms with Crippen LogP contribution >= 0.6 is 11.6 Å². The van der Waals surface area contributed by atoms with E-state index in [1.54, 1.807) is 0 Å².